The van der Waals surface area contributed by atoms with Crippen molar-refractivity contribution in [1.29, 1.82) is 0 Å². The number of amides is 1. The topological polar surface area (TPSA) is 36.0 Å². The van der Waals surface area contributed by atoms with E-state index in [9.17, 15) is 4.79 Å². The number of hydrogen-bond donors (Lipinski definition) is 0. The molecule has 1 unspecified atom stereocenters. The Morgan fingerprint density at radius 2 is 1.64 bits per heavy atom. The zero-order chi connectivity index (χ0) is 20.1. The smallest absolute Gasteiger partial charge is 0.236 e. The van der Waals surface area contributed by atoms with Gasteiger partial charge in [-0.15, -0.1) is 0 Å². The summed E-state index contributed by atoms with van der Waals surface area (Å²) in [4.78, 5) is 19.2. The SMILES string of the molecule is COc1ccc(N2CCN(C(=O)CN(C)C(C)c3ccc(C)cc3)CC2)cc1. The maximum atomic E-state index is 12.8. The van der Waals surface area contributed by atoms with Crippen LogP contribution in [0.5, 0.6) is 5.75 Å². The molecule has 0 radical (unpaired) electrons. The van der Waals surface area contributed by atoms with E-state index in [1.165, 1.54) is 16.8 Å². The van der Waals surface area contributed by atoms with Gasteiger partial charge in [-0.1, -0.05) is 29.8 Å². The van der Waals surface area contributed by atoms with Crippen molar-refractivity contribution in [2.24, 2.45) is 0 Å². The van der Waals surface area contributed by atoms with Crippen LogP contribution in [-0.2, 0) is 4.79 Å². The Morgan fingerprint density at radius 1 is 1.04 bits per heavy atom. The Morgan fingerprint density at radius 3 is 2.21 bits per heavy atom. The minimum Gasteiger partial charge on any atom is -0.497 e. The Balaban J connectivity index is 1.50. The largest absolute Gasteiger partial charge is 0.497 e. The van der Waals surface area contributed by atoms with Crippen LogP contribution in [-0.4, -0.2) is 62.6 Å². The quantitative estimate of drug-likeness (QED) is 0.769. The summed E-state index contributed by atoms with van der Waals surface area (Å²) in [7, 11) is 3.70. The van der Waals surface area contributed by atoms with Gasteiger partial charge in [-0.05, 0) is 50.7 Å². The molecule has 0 N–H and O–H groups in total. The fourth-order valence-electron chi connectivity index (χ4n) is 3.56. The van der Waals surface area contributed by atoms with Crippen LogP contribution in [0, 0.1) is 6.92 Å². The van der Waals surface area contributed by atoms with Crippen LogP contribution in [0.15, 0.2) is 48.5 Å². The predicted octanol–water partition coefficient (Wildman–Crippen LogP) is 3.35. The number of benzene rings is 2. The van der Waals surface area contributed by atoms with Gasteiger partial charge in [0.2, 0.25) is 5.91 Å². The molecule has 0 saturated carbocycles. The molecule has 0 aliphatic carbocycles. The van der Waals surface area contributed by atoms with Gasteiger partial charge < -0.3 is 14.5 Å². The van der Waals surface area contributed by atoms with Crippen molar-refractivity contribution in [1.82, 2.24) is 9.80 Å². The van der Waals surface area contributed by atoms with Crippen molar-refractivity contribution in [3.8, 4) is 5.75 Å². The van der Waals surface area contributed by atoms with E-state index in [1.807, 2.05) is 24.1 Å². The van der Waals surface area contributed by atoms with Crippen LogP contribution < -0.4 is 9.64 Å². The normalized spacial score (nSPS) is 15.6. The van der Waals surface area contributed by atoms with Gasteiger partial charge in [0, 0.05) is 37.9 Å². The highest BCUT2D eigenvalue weighted by Crippen LogP contribution is 2.22. The number of carbonyl (C=O) groups excluding carboxylic acids is 1. The Kier molecular flexibility index (Phi) is 6.57. The van der Waals surface area contributed by atoms with E-state index in [4.69, 9.17) is 4.74 Å². The molecule has 0 spiro atoms. The average Bonchev–Trinajstić information content (AvgIpc) is 2.74. The van der Waals surface area contributed by atoms with E-state index in [0.717, 1.165) is 31.9 Å². The van der Waals surface area contributed by atoms with Crippen molar-refractivity contribution in [3.05, 3.63) is 59.7 Å². The number of likely N-dealkylation sites (N-methyl/N-ethyl adjacent to an activating group) is 1. The first kappa shape index (κ1) is 20.2. The molecule has 0 aromatic heterocycles. The molecule has 0 bridgehead atoms. The van der Waals surface area contributed by atoms with Crippen molar-refractivity contribution in [2.45, 2.75) is 19.9 Å². The van der Waals surface area contributed by atoms with Crippen LogP contribution in [0.4, 0.5) is 5.69 Å². The summed E-state index contributed by atoms with van der Waals surface area (Å²) in [5.41, 5.74) is 3.67. The molecule has 1 saturated heterocycles. The van der Waals surface area contributed by atoms with Crippen LogP contribution in [0.25, 0.3) is 0 Å². The number of piperazine rings is 1. The number of aryl methyl sites for hydroxylation is 1. The summed E-state index contributed by atoms with van der Waals surface area (Å²) in [5, 5.41) is 0. The molecule has 1 atom stereocenters. The Labute approximate surface area is 168 Å². The predicted molar refractivity (Wildman–Crippen MR) is 114 cm³/mol. The number of rotatable bonds is 6. The number of methoxy groups -OCH3 is 1. The third kappa shape index (κ3) is 4.84. The zero-order valence-corrected chi connectivity index (χ0v) is 17.4. The van der Waals surface area contributed by atoms with E-state index in [0.29, 0.717) is 6.54 Å². The fraction of sp³-hybridized carbons (Fsp3) is 0.435. The molecule has 5 heteroatoms. The van der Waals surface area contributed by atoms with E-state index in [1.54, 1.807) is 7.11 Å². The summed E-state index contributed by atoms with van der Waals surface area (Å²) < 4.78 is 5.22. The first-order valence-electron chi connectivity index (χ1n) is 9.91. The molecule has 2 aromatic carbocycles. The standard InChI is InChI=1S/C23H31N3O2/c1-18-5-7-20(8-6-18)19(2)24(3)17-23(27)26-15-13-25(14-16-26)21-9-11-22(28-4)12-10-21/h5-12,19H,13-17H2,1-4H3. The fourth-order valence-corrected chi connectivity index (χ4v) is 3.56. The molecule has 2 aromatic rings. The van der Waals surface area contributed by atoms with Crippen LogP contribution >= 0.6 is 0 Å². The lowest BCUT2D eigenvalue weighted by atomic mass is 10.1. The van der Waals surface area contributed by atoms with Gasteiger partial charge in [-0.3, -0.25) is 9.69 Å². The van der Waals surface area contributed by atoms with Gasteiger partial charge in [0.15, 0.2) is 0 Å². The molecule has 1 aliphatic rings. The lowest BCUT2D eigenvalue weighted by Crippen LogP contribution is -2.51. The van der Waals surface area contributed by atoms with E-state index >= 15 is 0 Å². The van der Waals surface area contributed by atoms with Crippen LogP contribution in [0.3, 0.4) is 0 Å². The van der Waals surface area contributed by atoms with E-state index in [2.05, 4.69) is 60.0 Å². The monoisotopic (exact) mass is 381 g/mol. The van der Waals surface area contributed by atoms with E-state index in [-0.39, 0.29) is 11.9 Å². The molecule has 3 rings (SSSR count). The Hall–Kier alpha value is -2.53. The summed E-state index contributed by atoms with van der Waals surface area (Å²) in [6.45, 7) is 7.92. The lowest BCUT2D eigenvalue weighted by Gasteiger charge is -2.37. The third-order valence-corrected chi connectivity index (χ3v) is 5.68. The average molecular weight is 382 g/mol. The molecular weight excluding hydrogens is 350 g/mol. The number of ether oxygens (including phenoxy) is 1. The van der Waals surface area contributed by atoms with Crippen molar-refractivity contribution in [2.75, 3.05) is 51.8 Å². The van der Waals surface area contributed by atoms with Gasteiger partial charge >= 0.3 is 0 Å². The first-order chi connectivity index (χ1) is 13.5. The molecule has 1 fully saturated rings. The number of carbonyl (C=O) groups is 1. The Bertz CT molecular complexity index is 765. The molecule has 1 aliphatic heterocycles. The molecule has 28 heavy (non-hydrogen) atoms. The van der Waals surface area contributed by atoms with Gasteiger partial charge in [0.25, 0.3) is 0 Å². The summed E-state index contributed by atoms with van der Waals surface area (Å²) >= 11 is 0. The van der Waals surface area contributed by atoms with Crippen molar-refractivity contribution < 1.29 is 9.53 Å². The van der Waals surface area contributed by atoms with Gasteiger partial charge in [-0.2, -0.15) is 0 Å². The second-order valence-electron chi connectivity index (χ2n) is 7.57. The van der Waals surface area contributed by atoms with Crippen LogP contribution in [0.1, 0.15) is 24.1 Å². The minimum absolute atomic E-state index is 0.204. The number of nitrogens with zero attached hydrogens (tertiary/aromatic N) is 3. The maximum absolute atomic E-state index is 12.8. The minimum atomic E-state index is 0.204. The van der Waals surface area contributed by atoms with Gasteiger partial charge in [-0.25, -0.2) is 0 Å². The van der Waals surface area contributed by atoms with Crippen molar-refractivity contribution >= 4 is 11.6 Å². The highest BCUT2D eigenvalue weighted by atomic mass is 16.5. The second-order valence-corrected chi connectivity index (χ2v) is 7.57. The summed E-state index contributed by atoms with van der Waals surface area (Å²) in [6.07, 6.45) is 0. The zero-order valence-electron chi connectivity index (χ0n) is 17.4. The highest BCUT2D eigenvalue weighted by Gasteiger charge is 2.23. The summed E-state index contributed by atoms with van der Waals surface area (Å²) in [6, 6.07) is 16.9. The molecule has 5 nitrogen and oxygen atoms in total. The molecule has 1 amide bonds. The lowest BCUT2D eigenvalue weighted by molar-refractivity contribution is -0.132. The van der Waals surface area contributed by atoms with Gasteiger partial charge in [0.05, 0.1) is 13.7 Å². The molecule has 1 heterocycles. The van der Waals surface area contributed by atoms with Crippen molar-refractivity contribution in [3.63, 3.8) is 0 Å². The van der Waals surface area contributed by atoms with Gasteiger partial charge in [0.1, 0.15) is 5.75 Å². The third-order valence-electron chi connectivity index (χ3n) is 5.68. The maximum Gasteiger partial charge on any atom is 0.236 e. The first-order valence-corrected chi connectivity index (χ1v) is 9.91. The van der Waals surface area contributed by atoms with Crippen LogP contribution in [0.2, 0.25) is 0 Å². The number of hydrogen-bond acceptors (Lipinski definition) is 4. The second kappa shape index (κ2) is 9.11. The highest BCUT2D eigenvalue weighted by molar-refractivity contribution is 5.78. The molecule has 150 valence electrons. The molecular formula is C23H31N3O2. The summed E-state index contributed by atoms with van der Waals surface area (Å²) in [5.74, 6) is 1.07. The van der Waals surface area contributed by atoms with E-state index < -0.39 is 0 Å². The number of anilines is 1.